The zero-order valence-corrected chi connectivity index (χ0v) is 9.82. The molecule has 2 N–H and O–H groups in total. The molecule has 1 amide bonds. The molecule has 0 aliphatic heterocycles. The molecular weight excluding hydrogens is 206 g/mol. The van der Waals surface area contributed by atoms with Gasteiger partial charge >= 0.3 is 5.97 Å². The van der Waals surface area contributed by atoms with Crippen molar-refractivity contribution in [2.75, 3.05) is 0 Å². The van der Waals surface area contributed by atoms with Crippen LogP contribution in [0.2, 0.25) is 0 Å². The Morgan fingerprint density at radius 3 is 2.56 bits per heavy atom. The standard InChI is InChI=1S/C12H19NO3/c1-4-5-6-9(11(15)16)13-10(14)8-7-12(8,2)3/h4,8-9H,1,5-7H2,2-3H3,(H,13,14)(H,15,16). The first-order valence-electron chi connectivity index (χ1n) is 5.52. The highest BCUT2D eigenvalue weighted by Gasteiger charge is 2.51. The lowest BCUT2D eigenvalue weighted by atomic mass is 10.1. The van der Waals surface area contributed by atoms with Crippen molar-refractivity contribution in [3.8, 4) is 0 Å². The molecule has 0 aromatic rings. The number of aliphatic carboxylic acids is 1. The molecule has 1 aliphatic carbocycles. The molecule has 0 aromatic heterocycles. The summed E-state index contributed by atoms with van der Waals surface area (Å²) in [5.41, 5.74) is 0.0333. The first-order chi connectivity index (χ1) is 7.38. The van der Waals surface area contributed by atoms with Crippen LogP contribution in [0, 0.1) is 11.3 Å². The smallest absolute Gasteiger partial charge is 0.326 e. The van der Waals surface area contributed by atoms with Crippen LogP contribution in [0.5, 0.6) is 0 Å². The topological polar surface area (TPSA) is 66.4 Å². The van der Waals surface area contributed by atoms with Gasteiger partial charge < -0.3 is 10.4 Å². The molecular formula is C12H19NO3. The van der Waals surface area contributed by atoms with Crippen molar-refractivity contribution in [1.29, 1.82) is 0 Å². The molecule has 0 spiro atoms. The Morgan fingerprint density at radius 2 is 2.19 bits per heavy atom. The fraction of sp³-hybridized carbons (Fsp3) is 0.667. The highest BCUT2D eigenvalue weighted by molar-refractivity contribution is 5.87. The van der Waals surface area contributed by atoms with Crippen LogP contribution in [0.25, 0.3) is 0 Å². The van der Waals surface area contributed by atoms with Crippen LogP contribution in [0.1, 0.15) is 33.1 Å². The lowest BCUT2D eigenvalue weighted by Crippen LogP contribution is -2.42. The first kappa shape index (κ1) is 12.7. The van der Waals surface area contributed by atoms with Gasteiger partial charge in [0.1, 0.15) is 6.04 Å². The summed E-state index contributed by atoms with van der Waals surface area (Å²) in [6.07, 6.45) is 3.48. The van der Waals surface area contributed by atoms with Gasteiger partial charge in [-0.15, -0.1) is 6.58 Å². The normalized spacial score (nSPS) is 23.2. The second-order valence-electron chi connectivity index (χ2n) is 5.01. The number of hydrogen-bond donors (Lipinski definition) is 2. The number of carbonyl (C=O) groups excluding carboxylic acids is 1. The third kappa shape index (κ3) is 3.08. The van der Waals surface area contributed by atoms with Crippen molar-refractivity contribution in [3.05, 3.63) is 12.7 Å². The van der Waals surface area contributed by atoms with E-state index in [1.807, 2.05) is 13.8 Å². The van der Waals surface area contributed by atoms with Gasteiger partial charge in [-0.25, -0.2) is 4.79 Å². The summed E-state index contributed by atoms with van der Waals surface area (Å²) >= 11 is 0. The first-order valence-corrected chi connectivity index (χ1v) is 5.52. The Hall–Kier alpha value is -1.32. The van der Waals surface area contributed by atoms with Crippen molar-refractivity contribution >= 4 is 11.9 Å². The van der Waals surface area contributed by atoms with E-state index < -0.39 is 12.0 Å². The Kier molecular flexibility index (Phi) is 3.73. The SMILES string of the molecule is C=CCCC(NC(=O)C1CC1(C)C)C(=O)O. The number of nitrogens with one attached hydrogen (secondary N) is 1. The number of allylic oxidation sites excluding steroid dienone is 1. The molecule has 2 unspecified atom stereocenters. The van der Waals surface area contributed by atoms with E-state index in [1.165, 1.54) is 0 Å². The van der Waals surface area contributed by atoms with Crippen molar-refractivity contribution < 1.29 is 14.7 Å². The molecule has 1 rings (SSSR count). The lowest BCUT2D eigenvalue weighted by Gasteiger charge is -2.14. The van der Waals surface area contributed by atoms with Crippen LogP contribution in [-0.2, 0) is 9.59 Å². The van der Waals surface area contributed by atoms with Gasteiger partial charge in [0.2, 0.25) is 5.91 Å². The number of amides is 1. The zero-order chi connectivity index (χ0) is 12.3. The maximum atomic E-state index is 11.7. The highest BCUT2D eigenvalue weighted by Crippen LogP contribution is 2.51. The number of carboxylic acid groups (broad SMARTS) is 1. The maximum Gasteiger partial charge on any atom is 0.326 e. The fourth-order valence-corrected chi connectivity index (χ4v) is 1.73. The average molecular weight is 225 g/mol. The Bertz CT molecular complexity index is 309. The Labute approximate surface area is 95.7 Å². The van der Waals surface area contributed by atoms with Crippen LogP contribution < -0.4 is 5.32 Å². The van der Waals surface area contributed by atoms with Crippen molar-refractivity contribution in [2.24, 2.45) is 11.3 Å². The van der Waals surface area contributed by atoms with Gasteiger partial charge in [-0.05, 0) is 24.7 Å². The van der Waals surface area contributed by atoms with Crippen LogP contribution in [0.3, 0.4) is 0 Å². The minimum atomic E-state index is -0.978. The molecule has 0 aromatic carbocycles. The second kappa shape index (κ2) is 4.68. The molecule has 1 aliphatic rings. The van der Waals surface area contributed by atoms with Gasteiger partial charge in [0.25, 0.3) is 0 Å². The zero-order valence-electron chi connectivity index (χ0n) is 9.82. The quantitative estimate of drug-likeness (QED) is 0.674. The van der Waals surface area contributed by atoms with Gasteiger partial charge in [-0.1, -0.05) is 19.9 Å². The van der Waals surface area contributed by atoms with Crippen LogP contribution >= 0.6 is 0 Å². The van der Waals surface area contributed by atoms with E-state index in [2.05, 4.69) is 11.9 Å². The van der Waals surface area contributed by atoms with Crippen LogP contribution in [0.4, 0.5) is 0 Å². The molecule has 16 heavy (non-hydrogen) atoms. The fourth-order valence-electron chi connectivity index (χ4n) is 1.73. The Balaban J connectivity index is 2.46. The summed E-state index contributed by atoms with van der Waals surface area (Å²) in [6, 6.07) is -0.790. The molecule has 1 fully saturated rings. The molecule has 90 valence electrons. The summed E-state index contributed by atoms with van der Waals surface area (Å²) < 4.78 is 0. The van der Waals surface area contributed by atoms with Crippen LogP contribution in [0.15, 0.2) is 12.7 Å². The summed E-state index contributed by atoms with van der Waals surface area (Å²) in [4.78, 5) is 22.6. The molecule has 4 heteroatoms. The van der Waals surface area contributed by atoms with E-state index in [0.29, 0.717) is 12.8 Å². The molecule has 4 nitrogen and oxygen atoms in total. The molecule has 1 saturated carbocycles. The predicted molar refractivity (Wildman–Crippen MR) is 60.9 cm³/mol. The van der Waals surface area contributed by atoms with E-state index in [0.717, 1.165) is 6.42 Å². The largest absolute Gasteiger partial charge is 0.480 e. The highest BCUT2D eigenvalue weighted by atomic mass is 16.4. The van der Waals surface area contributed by atoms with Crippen LogP contribution in [-0.4, -0.2) is 23.0 Å². The van der Waals surface area contributed by atoms with E-state index in [-0.39, 0.29) is 17.2 Å². The summed E-state index contributed by atoms with van der Waals surface area (Å²) in [5.74, 6) is -1.15. The average Bonchev–Trinajstić information content (AvgIpc) is 2.81. The van der Waals surface area contributed by atoms with Gasteiger partial charge in [0, 0.05) is 5.92 Å². The third-order valence-corrected chi connectivity index (χ3v) is 3.10. The van der Waals surface area contributed by atoms with Crippen molar-refractivity contribution in [3.63, 3.8) is 0 Å². The minimum absolute atomic E-state index is 0.0296. The van der Waals surface area contributed by atoms with Crippen molar-refractivity contribution in [2.45, 2.75) is 39.2 Å². The molecule has 0 saturated heterocycles. The van der Waals surface area contributed by atoms with Gasteiger partial charge in [-0.2, -0.15) is 0 Å². The molecule has 0 radical (unpaired) electrons. The van der Waals surface area contributed by atoms with Gasteiger partial charge in [-0.3, -0.25) is 4.79 Å². The van der Waals surface area contributed by atoms with Gasteiger partial charge in [0.05, 0.1) is 0 Å². The minimum Gasteiger partial charge on any atom is -0.480 e. The third-order valence-electron chi connectivity index (χ3n) is 3.10. The van der Waals surface area contributed by atoms with E-state index >= 15 is 0 Å². The number of carbonyl (C=O) groups is 2. The van der Waals surface area contributed by atoms with E-state index in [9.17, 15) is 9.59 Å². The summed E-state index contributed by atoms with van der Waals surface area (Å²) in [6.45, 7) is 7.56. The monoisotopic (exact) mass is 225 g/mol. The molecule has 0 bridgehead atoms. The number of hydrogen-bond acceptors (Lipinski definition) is 2. The lowest BCUT2D eigenvalue weighted by molar-refractivity contribution is -0.142. The van der Waals surface area contributed by atoms with Crippen molar-refractivity contribution in [1.82, 2.24) is 5.32 Å². The summed E-state index contributed by atoms with van der Waals surface area (Å²) in [7, 11) is 0. The van der Waals surface area contributed by atoms with E-state index in [4.69, 9.17) is 5.11 Å². The number of rotatable bonds is 6. The predicted octanol–water partition coefficient (Wildman–Crippen LogP) is 1.57. The second-order valence-corrected chi connectivity index (χ2v) is 5.01. The Morgan fingerprint density at radius 1 is 1.62 bits per heavy atom. The van der Waals surface area contributed by atoms with E-state index in [1.54, 1.807) is 6.08 Å². The molecule has 2 atom stereocenters. The van der Waals surface area contributed by atoms with Gasteiger partial charge in [0.15, 0.2) is 0 Å². The number of carboxylic acids is 1. The molecule has 0 heterocycles. The maximum absolute atomic E-state index is 11.7. The summed E-state index contributed by atoms with van der Waals surface area (Å²) in [5, 5.41) is 11.5.